The first-order chi connectivity index (χ1) is 12.3. The quantitative estimate of drug-likeness (QED) is 0.451. The third kappa shape index (κ3) is 5.92. The van der Waals surface area contributed by atoms with Crippen molar-refractivity contribution in [3.05, 3.63) is 33.2 Å². The number of hydrogen-bond donors (Lipinski definition) is 0. The maximum Gasteiger partial charge on any atom is 0.146 e. The molecule has 0 aliphatic heterocycles. The van der Waals surface area contributed by atoms with Gasteiger partial charge in [0.1, 0.15) is 5.76 Å². The van der Waals surface area contributed by atoms with Crippen molar-refractivity contribution in [1.29, 1.82) is 0 Å². The van der Waals surface area contributed by atoms with Crippen LogP contribution in [0.2, 0.25) is 0 Å². The van der Waals surface area contributed by atoms with Gasteiger partial charge >= 0.3 is 0 Å². The fraction of sp³-hybridized carbons (Fsp3) is 0.750. The van der Waals surface area contributed by atoms with E-state index in [2.05, 4.69) is 99.5 Å². The molecule has 0 aromatic carbocycles. The topological polar surface area (TPSA) is 38.9 Å². The summed E-state index contributed by atoms with van der Waals surface area (Å²) in [5.74, 6) is 1.02. The molecule has 0 N–H and O–H groups in total. The largest absolute Gasteiger partial charge is 0.360 e. The Kier molecular flexibility index (Phi) is 7.05. The monoisotopic (exact) mass is 406 g/mol. The molecule has 0 fully saturated rings. The number of nitrogens with zero attached hydrogens (tertiary/aromatic N) is 2. The van der Waals surface area contributed by atoms with Crippen LogP contribution in [-0.2, 0) is 21.7 Å². The van der Waals surface area contributed by atoms with Gasteiger partial charge in [-0.25, -0.2) is 0 Å². The summed E-state index contributed by atoms with van der Waals surface area (Å²) in [6, 6.07) is 0. The molecule has 0 saturated carbocycles. The summed E-state index contributed by atoms with van der Waals surface area (Å²) in [7, 11) is 0. The van der Waals surface area contributed by atoms with E-state index in [0.717, 1.165) is 11.5 Å². The normalized spacial score (nSPS) is 13.4. The van der Waals surface area contributed by atoms with Gasteiger partial charge in [-0.1, -0.05) is 88.2 Å². The maximum atomic E-state index is 5.44. The van der Waals surface area contributed by atoms with Crippen LogP contribution >= 0.6 is 11.5 Å². The van der Waals surface area contributed by atoms with E-state index in [1.54, 1.807) is 11.5 Å². The van der Waals surface area contributed by atoms with E-state index in [9.17, 15) is 0 Å². The van der Waals surface area contributed by atoms with E-state index in [1.807, 2.05) is 6.92 Å². The van der Waals surface area contributed by atoms with E-state index < -0.39 is 0 Å². The van der Waals surface area contributed by atoms with Crippen LogP contribution in [-0.4, -0.2) is 9.53 Å². The zero-order chi connectivity index (χ0) is 22.3. The van der Waals surface area contributed by atoms with Gasteiger partial charge in [-0.15, -0.1) is 0 Å². The van der Waals surface area contributed by atoms with Crippen LogP contribution in [0.3, 0.4) is 0 Å². The Morgan fingerprint density at radius 1 is 0.607 bits per heavy atom. The van der Waals surface area contributed by atoms with E-state index in [1.165, 1.54) is 21.7 Å². The van der Waals surface area contributed by atoms with Crippen molar-refractivity contribution < 1.29 is 4.52 Å². The standard InChI is InChI=1S/C12H21NO.C12H21NS/c2*1-8-9(11(2,3)4)10(14-13-8)12(5,6)7/h2*1-7H3. The van der Waals surface area contributed by atoms with Gasteiger partial charge in [-0.3, -0.25) is 0 Å². The molecule has 4 heteroatoms. The Bertz CT molecular complexity index is 716. The summed E-state index contributed by atoms with van der Waals surface area (Å²) >= 11 is 1.66. The second-order valence-corrected chi connectivity index (χ2v) is 12.7. The summed E-state index contributed by atoms with van der Waals surface area (Å²) in [6.07, 6.45) is 0. The predicted molar refractivity (Wildman–Crippen MR) is 123 cm³/mol. The lowest BCUT2D eigenvalue weighted by atomic mass is 9.79. The van der Waals surface area contributed by atoms with Gasteiger partial charge < -0.3 is 4.52 Å². The maximum absolute atomic E-state index is 5.44. The van der Waals surface area contributed by atoms with Crippen molar-refractivity contribution >= 4 is 11.5 Å². The predicted octanol–water partition coefficient (Wildman–Crippen LogP) is 7.62. The lowest BCUT2D eigenvalue weighted by molar-refractivity contribution is 0.321. The molecule has 0 aliphatic carbocycles. The zero-order valence-electron chi connectivity index (χ0n) is 20.7. The molecule has 0 saturated heterocycles. The molecule has 0 amide bonds. The third-order valence-corrected chi connectivity index (χ3v) is 5.95. The minimum absolute atomic E-state index is 0.0316. The molecule has 0 atom stereocenters. The molecule has 2 aromatic heterocycles. The van der Waals surface area contributed by atoms with Crippen LogP contribution in [0, 0.1) is 13.8 Å². The Labute approximate surface area is 177 Å². The molecule has 160 valence electrons. The highest BCUT2D eigenvalue weighted by molar-refractivity contribution is 7.06. The van der Waals surface area contributed by atoms with Crippen molar-refractivity contribution in [2.24, 2.45) is 0 Å². The van der Waals surface area contributed by atoms with Gasteiger partial charge in [0.2, 0.25) is 0 Å². The van der Waals surface area contributed by atoms with Gasteiger partial charge in [0.25, 0.3) is 0 Å². The molecule has 0 spiro atoms. The van der Waals surface area contributed by atoms with Crippen molar-refractivity contribution in [2.75, 3.05) is 0 Å². The minimum atomic E-state index is 0.0316. The first-order valence-electron chi connectivity index (χ1n) is 10.2. The number of aryl methyl sites for hydroxylation is 2. The molecule has 28 heavy (non-hydrogen) atoms. The van der Waals surface area contributed by atoms with Crippen molar-refractivity contribution in [3.63, 3.8) is 0 Å². The van der Waals surface area contributed by atoms with E-state index in [0.29, 0.717) is 0 Å². The molecular formula is C24H42N2OS. The Morgan fingerprint density at radius 3 is 1.36 bits per heavy atom. The van der Waals surface area contributed by atoms with E-state index >= 15 is 0 Å². The summed E-state index contributed by atoms with van der Waals surface area (Å²) in [5.41, 5.74) is 5.47. The highest BCUT2D eigenvalue weighted by atomic mass is 32.1. The molecule has 3 nitrogen and oxygen atoms in total. The summed E-state index contributed by atoms with van der Waals surface area (Å²) in [5, 5.41) is 4.07. The van der Waals surface area contributed by atoms with Gasteiger partial charge in [-0.2, -0.15) is 4.37 Å². The molecule has 2 rings (SSSR count). The number of aromatic nitrogens is 2. The smallest absolute Gasteiger partial charge is 0.146 e. The van der Waals surface area contributed by atoms with Crippen molar-refractivity contribution in [1.82, 2.24) is 9.53 Å². The van der Waals surface area contributed by atoms with E-state index in [-0.39, 0.29) is 21.7 Å². The van der Waals surface area contributed by atoms with E-state index in [4.69, 9.17) is 4.52 Å². The van der Waals surface area contributed by atoms with Crippen LogP contribution in [0.1, 0.15) is 116 Å². The van der Waals surface area contributed by atoms with Crippen LogP contribution < -0.4 is 0 Å². The molecule has 0 unspecified atom stereocenters. The lowest BCUT2D eigenvalue weighted by Gasteiger charge is -2.26. The van der Waals surface area contributed by atoms with Crippen LogP contribution in [0.15, 0.2) is 4.52 Å². The van der Waals surface area contributed by atoms with Crippen molar-refractivity contribution in [2.45, 2.75) is 119 Å². The van der Waals surface area contributed by atoms with Gasteiger partial charge in [-0.05, 0) is 47.2 Å². The van der Waals surface area contributed by atoms with Gasteiger partial charge in [0.05, 0.1) is 11.4 Å². The molecule has 2 aromatic rings. The highest BCUT2D eigenvalue weighted by Crippen LogP contribution is 2.38. The van der Waals surface area contributed by atoms with Gasteiger partial charge in [0, 0.05) is 15.9 Å². The second-order valence-electron chi connectivity index (χ2n) is 11.9. The molecule has 0 radical (unpaired) electrons. The average molecular weight is 407 g/mol. The Morgan fingerprint density at radius 2 is 1.07 bits per heavy atom. The zero-order valence-corrected chi connectivity index (χ0v) is 21.5. The molecule has 0 bridgehead atoms. The molecular weight excluding hydrogens is 364 g/mol. The second kappa shape index (κ2) is 7.93. The summed E-state index contributed by atoms with van der Waals surface area (Å²) < 4.78 is 9.93. The van der Waals surface area contributed by atoms with Crippen LogP contribution in [0.25, 0.3) is 0 Å². The fourth-order valence-corrected chi connectivity index (χ4v) is 4.67. The number of rotatable bonds is 0. The number of hydrogen-bond acceptors (Lipinski definition) is 4. The molecule has 0 aliphatic rings. The van der Waals surface area contributed by atoms with Gasteiger partial charge in [0.15, 0.2) is 0 Å². The van der Waals surface area contributed by atoms with Crippen LogP contribution in [0.5, 0.6) is 0 Å². The third-order valence-electron chi connectivity index (χ3n) is 4.59. The fourth-order valence-electron chi connectivity index (χ4n) is 3.53. The van der Waals surface area contributed by atoms with Crippen molar-refractivity contribution in [3.8, 4) is 0 Å². The Balaban J connectivity index is 0.000000280. The minimum Gasteiger partial charge on any atom is -0.360 e. The highest BCUT2D eigenvalue weighted by Gasteiger charge is 2.32. The summed E-state index contributed by atoms with van der Waals surface area (Å²) in [6.45, 7) is 30.8. The summed E-state index contributed by atoms with van der Waals surface area (Å²) in [4.78, 5) is 1.43. The Hall–Kier alpha value is -1.16. The SMILES string of the molecule is Cc1noc(C(C)(C)C)c1C(C)(C)C.Cc1nsc(C(C)(C)C)c1C(C)(C)C. The molecule has 2 heterocycles. The van der Waals surface area contributed by atoms with Crippen LogP contribution in [0.4, 0.5) is 0 Å². The first kappa shape index (κ1) is 24.9. The average Bonchev–Trinajstić information content (AvgIpc) is 3.00. The first-order valence-corrected chi connectivity index (χ1v) is 11.0. The lowest BCUT2D eigenvalue weighted by Crippen LogP contribution is -2.20.